The summed E-state index contributed by atoms with van der Waals surface area (Å²) in [4.78, 5) is 35.4. The highest BCUT2D eigenvalue weighted by molar-refractivity contribution is 7.21. The maximum Gasteiger partial charge on any atom is 0.264 e. The van der Waals surface area contributed by atoms with Crippen LogP contribution in [0.1, 0.15) is 65.9 Å². The first kappa shape index (κ1) is 21.1. The Balaban J connectivity index is 1.54. The van der Waals surface area contributed by atoms with Gasteiger partial charge in [0.2, 0.25) is 5.91 Å². The molecule has 0 N–H and O–H groups in total. The molecule has 1 saturated heterocycles. The molecule has 1 aromatic carbocycles. The first-order valence-corrected chi connectivity index (χ1v) is 12.4. The smallest absolute Gasteiger partial charge is 0.264 e. The molecule has 1 aliphatic carbocycles. The van der Waals surface area contributed by atoms with E-state index in [0.717, 1.165) is 46.6 Å². The molecule has 5 rings (SSSR count). The number of nitrogens with zero attached hydrogens (tertiary/aromatic N) is 3. The quantitative estimate of drug-likeness (QED) is 0.539. The maximum atomic E-state index is 14.1. The summed E-state index contributed by atoms with van der Waals surface area (Å²) in [5.41, 5.74) is 2.07. The number of benzene rings is 1. The van der Waals surface area contributed by atoms with Crippen LogP contribution in [0.15, 0.2) is 48.7 Å². The zero-order valence-electron chi connectivity index (χ0n) is 18.5. The number of hydrogen-bond donors (Lipinski definition) is 0. The number of rotatable bonds is 5. The minimum Gasteiger partial charge on any atom is -0.342 e. The summed E-state index contributed by atoms with van der Waals surface area (Å²) < 4.78 is 1.15. The third-order valence-electron chi connectivity index (χ3n) is 6.95. The van der Waals surface area contributed by atoms with Crippen LogP contribution in [-0.2, 0) is 11.3 Å². The first-order chi connectivity index (χ1) is 15.6. The molecule has 2 aromatic heterocycles. The summed E-state index contributed by atoms with van der Waals surface area (Å²) in [6.45, 7) is 3.63. The lowest BCUT2D eigenvalue weighted by atomic mass is 9.94. The van der Waals surface area contributed by atoms with E-state index in [2.05, 4.69) is 22.0 Å². The number of aromatic nitrogens is 1. The Hall–Kier alpha value is -2.73. The Kier molecular flexibility index (Phi) is 5.96. The number of fused-ring (bicyclic) bond motifs is 1. The molecule has 3 aromatic rings. The Morgan fingerprint density at radius 1 is 1.09 bits per heavy atom. The van der Waals surface area contributed by atoms with Crippen LogP contribution in [0.4, 0.5) is 0 Å². The van der Waals surface area contributed by atoms with Crippen molar-refractivity contribution in [3.05, 3.63) is 64.8 Å². The topological polar surface area (TPSA) is 53.5 Å². The molecule has 1 aliphatic heterocycles. The molecular formula is C26H29N3O2S. The van der Waals surface area contributed by atoms with Crippen LogP contribution in [0.5, 0.6) is 0 Å². The number of pyridine rings is 1. The molecule has 166 valence electrons. The highest BCUT2D eigenvalue weighted by Gasteiger charge is 2.35. The minimum atomic E-state index is 0.114. The van der Waals surface area contributed by atoms with Crippen molar-refractivity contribution in [1.82, 2.24) is 14.8 Å². The second-order valence-corrected chi connectivity index (χ2v) is 10.0. The minimum absolute atomic E-state index is 0.114. The molecule has 0 radical (unpaired) electrons. The van der Waals surface area contributed by atoms with Crippen molar-refractivity contribution in [2.24, 2.45) is 0 Å². The zero-order valence-corrected chi connectivity index (χ0v) is 19.3. The van der Waals surface area contributed by atoms with Crippen LogP contribution in [0, 0.1) is 0 Å². The van der Waals surface area contributed by atoms with Crippen molar-refractivity contribution >= 4 is 33.2 Å². The highest BCUT2D eigenvalue weighted by atomic mass is 32.1. The summed E-state index contributed by atoms with van der Waals surface area (Å²) in [7, 11) is 0. The fourth-order valence-corrected chi connectivity index (χ4v) is 6.54. The lowest BCUT2D eigenvalue weighted by molar-refractivity contribution is -0.127. The molecule has 3 heterocycles. The lowest BCUT2D eigenvalue weighted by Crippen LogP contribution is -2.38. The SMILES string of the molecule is CC(=O)N1CCC(c2c(C(=O)N(Cc3ccccn3)C3CCCC3)sc3ccccc23)C1. The van der Waals surface area contributed by atoms with Crippen LogP contribution in [-0.4, -0.2) is 45.7 Å². The van der Waals surface area contributed by atoms with Crippen molar-refractivity contribution in [3.63, 3.8) is 0 Å². The van der Waals surface area contributed by atoms with E-state index >= 15 is 0 Å². The van der Waals surface area contributed by atoms with E-state index in [4.69, 9.17) is 0 Å². The fraction of sp³-hybridized carbons (Fsp3) is 0.423. The van der Waals surface area contributed by atoms with Crippen molar-refractivity contribution in [3.8, 4) is 0 Å². The van der Waals surface area contributed by atoms with Gasteiger partial charge < -0.3 is 9.80 Å². The van der Waals surface area contributed by atoms with Gasteiger partial charge in [0.1, 0.15) is 0 Å². The van der Waals surface area contributed by atoms with E-state index in [9.17, 15) is 9.59 Å². The third-order valence-corrected chi connectivity index (χ3v) is 8.13. The molecule has 1 saturated carbocycles. The van der Waals surface area contributed by atoms with Gasteiger partial charge in [-0.15, -0.1) is 11.3 Å². The van der Waals surface area contributed by atoms with Gasteiger partial charge in [0, 0.05) is 42.9 Å². The lowest BCUT2D eigenvalue weighted by Gasteiger charge is -2.29. The van der Waals surface area contributed by atoms with Crippen LogP contribution in [0.2, 0.25) is 0 Å². The Morgan fingerprint density at radius 2 is 1.88 bits per heavy atom. The van der Waals surface area contributed by atoms with Crippen LogP contribution in [0.3, 0.4) is 0 Å². The van der Waals surface area contributed by atoms with Crippen LogP contribution >= 0.6 is 11.3 Å². The zero-order chi connectivity index (χ0) is 22.1. The Labute approximate surface area is 193 Å². The van der Waals surface area contributed by atoms with Crippen LogP contribution < -0.4 is 0 Å². The number of thiophene rings is 1. The second-order valence-electron chi connectivity index (χ2n) is 8.98. The summed E-state index contributed by atoms with van der Waals surface area (Å²) >= 11 is 1.61. The first-order valence-electron chi connectivity index (χ1n) is 11.6. The van der Waals surface area contributed by atoms with Crippen molar-refractivity contribution in [1.29, 1.82) is 0 Å². The standard InChI is InChI=1S/C26H29N3O2S/c1-18(30)28-15-13-19(16-28)24-22-11-4-5-12-23(22)32-25(24)26(31)29(21-9-2-3-10-21)17-20-8-6-7-14-27-20/h4-8,11-12,14,19,21H,2-3,9-10,13,15-17H2,1H3. The highest BCUT2D eigenvalue weighted by Crippen LogP contribution is 2.41. The fourth-order valence-electron chi connectivity index (χ4n) is 5.29. The van der Waals surface area contributed by atoms with Crippen LogP contribution in [0.25, 0.3) is 10.1 Å². The van der Waals surface area contributed by atoms with E-state index in [0.29, 0.717) is 13.1 Å². The van der Waals surface area contributed by atoms with Crippen molar-refractivity contribution < 1.29 is 9.59 Å². The number of carbonyl (C=O) groups excluding carboxylic acids is 2. The molecule has 2 fully saturated rings. The monoisotopic (exact) mass is 447 g/mol. The summed E-state index contributed by atoms with van der Waals surface area (Å²) in [5, 5.41) is 1.17. The van der Waals surface area contributed by atoms with E-state index in [1.165, 1.54) is 18.2 Å². The van der Waals surface area contributed by atoms with Gasteiger partial charge in [-0.2, -0.15) is 0 Å². The van der Waals surface area contributed by atoms with E-state index in [1.54, 1.807) is 24.5 Å². The molecule has 2 amide bonds. The number of hydrogen-bond acceptors (Lipinski definition) is 4. The van der Waals surface area contributed by atoms with Gasteiger partial charge in [-0.1, -0.05) is 37.1 Å². The maximum absolute atomic E-state index is 14.1. The third kappa shape index (κ3) is 4.04. The van der Waals surface area contributed by atoms with Crippen molar-refractivity contribution in [2.45, 2.75) is 57.5 Å². The summed E-state index contributed by atoms with van der Waals surface area (Å²) in [6, 6.07) is 14.5. The number of amides is 2. The normalized spacial score (nSPS) is 19.0. The molecular weight excluding hydrogens is 418 g/mol. The molecule has 5 nitrogen and oxygen atoms in total. The van der Waals surface area contributed by atoms with E-state index < -0.39 is 0 Å². The summed E-state index contributed by atoms with van der Waals surface area (Å²) in [6.07, 6.45) is 7.16. The molecule has 1 atom stereocenters. The Bertz CT molecular complexity index is 1120. The molecule has 2 aliphatic rings. The predicted molar refractivity (Wildman–Crippen MR) is 128 cm³/mol. The van der Waals surface area contributed by atoms with Crippen molar-refractivity contribution in [2.75, 3.05) is 13.1 Å². The van der Waals surface area contributed by atoms with Gasteiger partial charge in [-0.3, -0.25) is 14.6 Å². The number of carbonyl (C=O) groups is 2. The Morgan fingerprint density at radius 3 is 2.59 bits per heavy atom. The van der Waals surface area contributed by atoms with Gasteiger partial charge in [-0.05, 0) is 48.4 Å². The van der Waals surface area contributed by atoms with Gasteiger partial charge >= 0.3 is 0 Å². The van der Waals surface area contributed by atoms with Gasteiger partial charge in [0.05, 0.1) is 17.1 Å². The molecule has 32 heavy (non-hydrogen) atoms. The van der Waals surface area contributed by atoms with Gasteiger partial charge in [-0.25, -0.2) is 0 Å². The average molecular weight is 448 g/mol. The summed E-state index contributed by atoms with van der Waals surface area (Å²) in [5.74, 6) is 0.442. The molecule has 1 unspecified atom stereocenters. The largest absolute Gasteiger partial charge is 0.342 e. The molecule has 0 spiro atoms. The predicted octanol–water partition coefficient (Wildman–Crippen LogP) is 5.22. The second kappa shape index (κ2) is 9.02. The van der Waals surface area contributed by atoms with E-state index in [1.807, 2.05) is 35.2 Å². The average Bonchev–Trinajstić information content (AvgIpc) is 3.57. The van der Waals surface area contributed by atoms with E-state index in [-0.39, 0.29) is 23.8 Å². The number of likely N-dealkylation sites (tertiary alicyclic amines) is 1. The molecule has 0 bridgehead atoms. The van der Waals surface area contributed by atoms with Gasteiger partial charge in [0.15, 0.2) is 0 Å². The van der Waals surface area contributed by atoms with Gasteiger partial charge in [0.25, 0.3) is 5.91 Å². The molecule has 6 heteroatoms.